The highest BCUT2D eigenvalue weighted by Crippen LogP contribution is 2.40. The third kappa shape index (κ3) is 5.65. The Labute approximate surface area is 197 Å². The zero-order valence-corrected chi connectivity index (χ0v) is 20.0. The molecule has 1 aromatic carbocycles. The Kier molecular flexibility index (Phi) is 7.17. The number of aryl methyl sites for hydroxylation is 1. The summed E-state index contributed by atoms with van der Waals surface area (Å²) < 4.78 is 7.55. The Hall–Kier alpha value is -3.07. The van der Waals surface area contributed by atoms with E-state index < -0.39 is 5.25 Å². The summed E-state index contributed by atoms with van der Waals surface area (Å²) in [4.78, 5) is 27.0. The zero-order valence-electron chi connectivity index (χ0n) is 19.2. The SMILES string of the molecule is CCc1ccccc1NC(=O)CN(C)C(=O)C(C)Sc1nnc(C2CC2)n1Cc1ccco1. The van der Waals surface area contributed by atoms with Gasteiger partial charge in [0.2, 0.25) is 11.8 Å². The molecule has 0 spiro atoms. The number of thioether (sulfide) groups is 1. The van der Waals surface area contributed by atoms with Crippen LogP contribution in [-0.4, -0.2) is 50.3 Å². The highest BCUT2D eigenvalue weighted by Gasteiger charge is 2.32. The highest BCUT2D eigenvalue weighted by atomic mass is 32.2. The average Bonchev–Trinajstić information content (AvgIpc) is 3.38. The number of nitrogens with one attached hydrogen (secondary N) is 1. The molecule has 1 atom stereocenters. The van der Waals surface area contributed by atoms with E-state index in [1.807, 2.05) is 54.8 Å². The maximum Gasteiger partial charge on any atom is 0.243 e. The Bertz CT molecular complexity index is 1110. The molecule has 174 valence electrons. The number of rotatable bonds is 10. The first kappa shape index (κ1) is 23.1. The summed E-state index contributed by atoms with van der Waals surface area (Å²) in [5, 5.41) is 11.9. The summed E-state index contributed by atoms with van der Waals surface area (Å²) in [7, 11) is 1.65. The van der Waals surface area contributed by atoms with Gasteiger partial charge in [0, 0.05) is 18.7 Å². The number of carbonyl (C=O) groups is 2. The molecule has 1 fully saturated rings. The third-order valence-corrected chi connectivity index (χ3v) is 6.71. The quantitative estimate of drug-likeness (QED) is 0.454. The number of amides is 2. The average molecular weight is 468 g/mol. The van der Waals surface area contributed by atoms with Crippen molar-refractivity contribution in [3.8, 4) is 0 Å². The molecule has 0 bridgehead atoms. The summed E-state index contributed by atoms with van der Waals surface area (Å²) in [6.07, 6.45) is 4.68. The van der Waals surface area contributed by atoms with Crippen LogP contribution in [-0.2, 0) is 22.6 Å². The van der Waals surface area contributed by atoms with Crippen molar-refractivity contribution >= 4 is 29.3 Å². The Morgan fingerprint density at radius 2 is 2.03 bits per heavy atom. The lowest BCUT2D eigenvalue weighted by atomic mass is 10.1. The van der Waals surface area contributed by atoms with Gasteiger partial charge in [-0.3, -0.25) is 14.2 Å². The molecule has 9 heteroatoms. The third-order valence-electron chi connectivity index (χ3n) is 5.64. The van der Waals surface area contributed by atoms with E-state index in [1.54, 1.807) is 13.3 Å². The van der Waals surface area contributed by atoms with Gasteiger partial charge in [-0.25, -0.2) is 0 Å². The van der Waals surface area contributed by atoms with E-state index in [1.165, 1.54) is 16.7 Å². The number of likely N-dealkylation sites (N-methyl/N-ethyl adjacent to an activating group) is 1. The summed E-state index contributed by atoms with van der Waals surface area (Å²) in [6, 6.07) is 11.5. The van der Waals surface area contributed by atoms with Crippen molar-refractivity contribution in [2.75, 3.05) is 18.9 Å². The van der Waals surface area contributed by atoms with Crippen LogP contribution in [0.3, 0.4) is 0 Å². The van der Waals surface area contributed by atoms with Gasteiger partial charge < -0.3 is 14.6 Å². The number of aromatic nitrogens is 3. The molecule has 0 aliphatic heterocycles. The molecule has 1 unspecified atom stereocenters. The van der Waals surface area contributed by atoms with Gasteiger partial charge >= 0.3 is 0 Å². The van der Waals surface area contributed by atoms with Crippen LogP contribution in [0.5, 0.6) is 0 Å². The predicted molar refractivity (Wildman–Crippen MR) is 127 cm³/mol. The van der Waals surface area contributed by atoms with Crippen molar-refractivity contribution in [2.24, 2.45) is 0 Å². The minimum Gasteiger partial charge on any atom is -0.467 e. The fourth-order valence-corrected chi connectivity index (χ4v) is 4.66. The monoisotopic (exact) mass is 467 g/mol. The number of carbonyl (C=O) groups excluding carboxylic acids is 2. The van der Waals surface area contributed by atoms with Crippen LogP contribution in [0.1, 0.15) is 49.8 Å². The lowest BCUT2D eigenvalue weighted by molar-refractivity contribution is -0.132. The molecule has 0 saturated heterocycles. The van der Waals surface area contributed by atoms with Crippen molar-refractivity contribution in [2.45, 2.75) is 56.0 Å². The van der Waals surface area contributed by atoms with Crippen LogP contribution in [0.2, 0.25) is 0 Å². The van der Waals surface area contributed by atoms with Gasteiger partial charge in [-0.05, 0) is 49.9 Å². The second-order valence-corrected chi connectivity index (χ2v) is 9.60. The standard InChI is InChI=1S/C24H29N5O3S/c1-4-17-8-5-6-10-20(17)25-21(30)15-28(3)23(31)16(2)33-24-27-26-22(18-11-12-18)29(24)14-19-9-7-13-32-19/h5-10,13,16,18H,4,11-12,14-15H2,1-3H3,(H,25,30). The highest BCUT2D eigenvalue weighted by molar-refractivity contribution is 8.00. The van der Waals surface area contributed by atoms with Crippen molar-refractivity contribution < 1.29 is 14.0 Å². The molecule has 1 saturated carbocycles. The minimum atomic E-state index is -0.419. The molecule has 0 radical (unpaired) electrons. The number of hydrogen-bond acceptors (Lipinski definition) is 6. The Morgan fingerprint density at radius 1 is 1.24 bits per heavy atom. The topological polar surface area (TPSA) is 93.3 Å². The van der Waals surface area contributed by atoms with Crippen LogP contribution >= 0.6 is 11.8 Å². The van der Waals surface area contributed by atoms with E-state index in [-0.39, 0.29) is 18.4 Å². The van der Waals surface area contributed by atoms with Crippen LogP contribution in [0.15, 0.2) is 52.2 Å². The first-order valence-corrected chi connectivity index (χ1v) is 12.1. The van der Waals surface area contributed by atoms with Gasteiger partial charge in [0.1, 0.15) is 11.6 Å². The zero-order chi connectivity index (χ0) is 23.4. The smallest absolute Gasteiger partial charge is 0.243 e. The summed E-state index contributed by atoms with van der Waals surface area (Å²) in [5.41, 5.74) is 1.85. The largest absolute Gasteiger partial charge is 0.467 e. The number of para-hydroxylation sites is 1. The molecule has 1 aliphatic carbocycles. The molecule has 33 heavy (non-hydrogen) atoms. The molecule has 1 aliphatic rings. The first-order valence-electron chi connectivity index (χ1n) is 11.2. The molecular weight excluding hydrogens is 438 g/mol. The number of hydrogen-bond donors (Lipinski definition) is 1. The minimum absolute atomic E-state index is 0.0197. The molecule has 4 rings (SSSR count). The van der Waals surface area contributed by atoms with Gasteiger partial charge in [-0.1, -0.05) is 36.9 Å². The molecule has 3 aromatic rings. The molecule has 1 N–H and O–H groups in total. The maximum atomic E-state index is 13.0. The summed E-state index contributed by atoms with van der Waals surface area (Å²) >= 11 is 1.36. The van der Waals surface area contributed by atoms with E-state index in [4.69, 9.17) is 4.42 Å². The van der Waals surface area contributed by atoms with E-state index in [0.717, 1.165) is 42.1 Å². The van der Waals surface area contributed by atoms with Crippen LogP contribution in [0.25, 0.3) is 0 Å². The lowest BCUT2D eigenvalue weighted by Crippen LogP contribution is -2.39. The molecular formula is C24H29N5O3S. The van der Waals surface area contributed by atoms with Crippen LogP contribution in [0.4, 0.5) is 5.69 Å². The number of anilines is 1. The molecule has 2 heterocycles. The summed E-state index contributed by atoms with van der Waals surface area (Å²) in [5.74, 6) is 1.82. The van der Waals surface area contributed by atoms with Gasteiger partial charge in [0.25, 0.3) is 0 Å². The van der Waals surface area contributed by atoms with Gasteiger partial charge in [0.05, 0.1) is 24.6 Å². The van der Waals surface area contributed by atoms with Crippen LogP contribution < -0.4 is 5.32 Å². The van der Waals surface area contributed by atoms with Crippen molar-refractivity contribution in [3.63, 3.8) is 0 Å². The van der Waals surface area contributed by atoms with E-state index in [2.05, 4.69) is 15.5 Å². The molecule has 2 amide bonds. The number of benzene rings is 1. The number of furan rings is 1. The summed E-state index contributed by atoms with van der Waals surface area (Å²) in [6.45, 7) is 4.38. The fraction of sp³-hybridized carbons (Fsp3) is 0.417. The first-order chi connectivity index (χ1) is 16.0. The number of nitrogens with zero attached hydrogens (tertiary/aromatic N) is 4. The normalized spacial score (nSPS) is 14.2. The van der Waals surface area contributed by atoms with Crippen molar-refractivity contribution in [3.05, 3.63) is 59.8 Å². The Balaban J connectivity index is 1.38. The van der Waals surface area contributed by atoms with Gasteiger partial charge in [-0.2, -0.15) is 0 Å². The second kappa shape index (κ2) is 10.2. The lowest BCUT2D eigenvalue weighted by Gasteiger charge is -2.21. The molecule has 2 aromatic heterocycles. The molecule has 8 nitrogen and oxygen atoms in total. The van der Waals surface area contributed by atoms with Gasteiger partial charge in [0.15, 0.2) is 5.16 Å². The predicted octanol–water partition coefficient (Wildman–Crippen LogP) is 3.94. The fourth-order valence-electron chi connectivity index (χ4n) is 3.69. The Morgan fingerprint density at radius 3 is 2.73 bits per heavy atom. The second-order valence-electron chi connectivity index (χ2n) is 8.29. The van der Waals surface area contributed by atoms with E-state index in [9.17, 15) is 9.59 Å². The van der Waals surface area contributed by atoms with Crippen molar-refractivity contribution in [1.82, 2.24) is 19.7 Å². The van der Waals surface area contributed by atoms with Crippen LogP contribution in [0, 0.1) is 0 Å². The van der Waals surface area contributed by atoms with Crippen molar-refractivity contribution in [1.29, 1.82) is 0 Å². The van der Waals surface area contributed by atoms with E-state index >= 15 is 0 Å². The van der Waals surface area contributed by atoms with Gasteiger partial charge in [-0.15, -0.1) is 10.2 Å². The van der Waals surface area contributed by atoms with E-state index in [0.29, 0.717) is 17.6 Å². The maximum absolute atomic E-state index is 13.0.